The van der Waals surface area contributed by atoms with Crippen molar-refractivity contribution in [2.75, 3.05) is 31.1 Å². The van der Waals surface area contributed by atoms with Crippen LogP contribution in [0.4, 0.5) is 5.69 Å². The Kier molecular flexibility index (Phi) is 13.0. The van der Waals surface area contributed by atoms with Crippen molar-refractivity contribution < 1.29 is 14.2 Å². The van der Waals surface area contributed by atoms with Gasteiger partial charge in [0.25, 0.3) is 0 Å². The van der Waals surface area contributed by atoms with Gasteiger partial charge in [-0.2, -0.15) is 10.1 Å². The number of hydrogen-bond donors (Lipinski definition) is 0. The Morgan fingerprint density at radius 1 is 0.759 bits per heavy atom. The first kappa shape index (κ1) is 39.9. The molecule has 1 aliphatic heterocycles. The SMILES string of the molecule is Cc1c(Br)cccc1O[C@H]1CC[C@H](CCC[C@@H](C)N2CCN(c3cccc4c(-c5ccc(OCc6ccccc6)nc5OCc5ccccc5)nn(C)c34)CC2)CC1. The van der Waals surface area contributed by atoms with E-state index in [9.17, 15) is 0 Å². The van der Waals surface area contributed by atoms with Crippen LogP contribution in [0.3, 0.4) is 0 Å². The van der Waals surface area contributed by atoms with Gasteiger partial charge >= 0.3 is 0 Å². The van der Waals surface area contributed by atoms with Crippen molar-refractivity contribution in [1.82, 2.24) is 19.7 Å². The van der Waals surface area contributed by atoms with Crippen LogP contribution >= 0.6 is 15.9 Å². The first-order valence-electron chi connectivity index (χ1n) is 21.1. The molecule has 0 N–H and O–H groups in total. The van der Waals surface area contributed by atoms with Gasteiger partial charge in [-0.25, -0.2) is 0 Å². The minimum absolute atomic E-state index is 0.341. The Morgan fingerprint density at radius 3 is 2.17 bits per heavy atom. The second kappa shape index (κ2) is 18.8. The number of hydrogen-bond acceptors (Lipinski definition) is 7. The fourth-order valence-electron chi connectivity index (χ4n) is 8.74. The van der Waals surface area contributed by atoms with E-state index < -0.39 is 0 Å². The molecule has 1 saturated carbocycles. The largest absolute Gasteiger partial charge is 0.490 e. The van der Waals surface area contributed by atoms with E-state index in [1.807, 2.05) is 60.3 Å². The molecule has 0 unspecified atom stereocenters. The number of nitrogens with zero attached hydrogens (tertiary/aromatic N) is 5. The number of piperazine rings is 1. The van der Waals surface area contributed by atoms with Gasteiger partial charge in [-0.05, 0) is 87.3 Å². The van der Waals surface area contributed by atoms with E-state index >= 15 is 0 Å². The zero-order valence-electron chi connectivity index (χ0n) is 34.2. The van der Waals surface area contributed by atoms with E-state index in [1.165, 1.54) is 43.4 Å². The molecule has 8 nitrogen and oxygen atoms in total. The molecule has 6 aromatic rings. The lowest BCUT2D eigenvalue weighted by Gasteiger charge is -2.39. The normalized spacial score (nSPS) is 18.0. The van der Waals surface area contributed by atoms with Gasteiger partial charge in [-0.1, -0.05) is 108 Å². The topological polar surface area (TPSA) is 64.9 Å². The van der Waals surface area contributed by atoms with Crippen LogP contribution in [-0.2, 0) is 20.3 Å². The van der Waals surface area contributed by atoms with Crippen LogP contribution in [-0.4, -0.2) is 58.0 Å². The predicted molar refractivity (Wildman–Crippen MR) is 238 cm³/mol. The summed E-state index contributed by atoms with van der Waals surface area (Å²) in [6.45, 7) is 9.49. The van der Waals surface area contributed by atoms with Crippen LogP contribution in [0.5, 0.6) is 17.5 Å². The highest BCUT2D eigenvalue weighted by atomic mass is 79.9. The molecule has 4 aromatic carbocycles. The van der Waals surface area contributed by atoms with E-state index in [4.69, 9.17) is 24.3 Å². The second-order valence-electron chi connectivity index (χ2n) is 16.1. The number of halogens is 1. The van der Waals surface area contributed by atoms with Crippen LogP contribution < -0.4 is 19.1 Å². The predicted octanol–water partition coefficient (Wildman–Crippen LogP) is 11.2. The number of benzene rings is 4. The van der Waals surface area contributed by atoms with Crippen molar-refractivity contribution in [2.45, 2.75) is 84.2 Å². The molecule has 9 heteroatoms. The lowest BCUT2D eigenvalue weighted by molar-refractivity contribution is 0.124. The summed E-state index contributed by atoms with van der Waals surface area (Å²) in [6.07, 6.45) is 9.10. The third-order valence-electron chi connectivity index (χ3n) is 12.2. The van der Waals surface area contributed by atoms with Gasteiger partial charge in [0.1, 0.15) is 24.7 Å². The maximum Gasteiger partial charge on any atom is 0.226 e. The molecular weight excluding hydrogens is 786 g/mol. The number of rotatable bonds is 15. The summed E-state index contributed by atoms with van der Waals surface area (Å²) in [5, 5.41) is 6.20. The molecule has 1 aliphatic carbocycles. The highest BCUT2D eigenvalue weighted by Gasteiger charge is 2.27. The monoisotopic (exact) mass is 841 g/mol. The molecule has 0 amide bonds. The van der Waals surface area contributed by atoms with Crippen molar-refractivity contribution in [3.05, 3.63) is 130 Å². The van der Waals surface area contributed by atoms with Crippen LogP contribution in [0, 0.1) is 12.8 Å². The lowest BCUT2D eigenvalue weighted by atomic mass is 9.84. The zero-order valence-corrected chi connectivity index (χ0v) is 35.7. The van der Waals surface area contributed by atoms with Gasteiger partial charge in [0.05, 0.1) is 22.9 Å². The number of aromatic nitrogens is 3. The fourth-order valence-corrected chi connectivity index (χ4v) is 9.09. The standard InChI is InChI=1S/C49H56BrN5O3/c1-35(13-10-18-37-23-25-40(26-24-37)58-45-22-12-20-43(50)36(45)2)54-29-31-55(32-30-54)44-21-11-19-41-47(52-53(3)48(41)44)42-27-28-46(56-33-38-14-6-4-7-15-38)51-49(42)57-34-39-16-8-5-9-17-39/h4-9,11-12,14-17,19-22,27-28,35,37,40H,10,13,18,23-26,29-34H2,1-3H3/t35-,37-,40-/m1/s1. The molecule has 302 valence electrons. The molecular formula is C49H56BrN5O3. The average molecular weight is 843 g/mol. The van der Waals surface area contributed by atoms with Crippen LogP contribution in [0.2, 0.25) is 0 Å². The van der Waals surface area contributed by atoms with E-state index in [-0.39, 0.29) is 0 Å². The van der Waals surface area contributed by atoms with Crippen molar-refractivity contribution in [3.8, 4) is 28.8 Å². The van der Waals surface area contributed by atoms with Crippen LogP contribution in [0.1, 0.15) is 68.6 Å². The first-order valence-corrected chi connectivity index (χ1v) is 21.9. The minimum atomic E-state index is 0.341. The number of ether oxygens (including phenoxy) is 3. The molecule has 2 aromatic heterocycles. The van der Waals surface area contributed by atoms with Gasteiger partial charge in [0.15, 0.2) is 0 Å². The fraction of sp³-hybridized carbons (Fsp3) is 0.388. The third kappa shape index (κ3) is 9.53. The van der Waals surface area contributed by atoms with E-state index in [2.05, 4.69) is 100 Å². The number of para-hydroxylation sites is 1. The lowest BCUT2D eigenvalue weighted by Crippen LogP contribution is -2.49. The van der Waals surface area contributed by atoms with Crippen molar-refractivity contribution in [3.63, 3.8) is 0 Å². The summed E-state index contributed by atoms with van der Waals surface area (Å²) < 4.78 is 22.1. The van der Waals surface area contributed by atoms with E-state index in [1.54, 1.807) is 0 Å². The van der Waals surface area contributed by atoms with Gasteiger partial charge in [-0.15, -0.1) is 0 Å². The molecule has 8 rings (SSSR count). The highest BCUT2D eigenvalue weighted by Crippen LogP contribution is 2.39. The Balaban J connectivity index is 0.883. The van der Waals surface area contributed by atoms with Crippen LogP contribution in [0.25, 0.3) is 22.2 Å². The maximum absolute atomic E-state index is 6.44. The van der Waals surface area contributed by atoms with Crippen LogP contribution in [0.15, 0.2) is 114 Å². The number of pyridine rings is 1. The highest BCUT2D eigenvalue weighted by molar-refractivity contribution is 9.10. The summed E-state index contributed by atoms with van der Waals surface area (Å²) in [7, 11) is 2.05. The van der Waals surface area contributed by atoms with Crippen molar-refractivity contribution in [2.24, 2.45) is 13.0 Å². The Hall–Kier alpha value is -4.86. The number of aryl methyl sites for hydroxylation is 1. The zero-order chi connectivity index (χ0) is 39.8. The molecule has 58 heavy (non-hydrogen) atoms. The molecule has 2 aliphatic rings. The smallest absolute Gasteiger partial charge is 0.226 e. The molecule has 1 atom stereocenters. The van der Waals surface area contributed by atoms with Crippen molar-refractivity contribution in [1.29, 1.82) is 0 Å². The summed E-state index contributed by atoms with van der Waals surface area (Å²) in [4.78, 5) is 10.1. The summed E-state index contributed by atoms with van der Waals surface area (Å²) in [5.74, 6) is 2.88. The quantitative estimate of drug-likeness (QED) is 0.102. The van der Waals surface area contributed by atoms with Gasteiger partial charge < -0.3 is 19.1 Å². The third-order valence-corrected chi connectivity index (χ3v) is 13.1. The molecule has 1 saturated heterocycles. The average Bonchev–Trinajstić information content (AvgIpc) is 3.61. The minimum Gasteiger partial charge on any atom is -0.490 e. The summed E-state index contributed by atoms with van der Waals surface area (Å²) >= 11 is 3.65. The van der Waals surface area contributed by atoms with E-state index in [0.29, 0.717) is 37.1 Å². The Labute approximate surface area is 352 Å². The van der Waals surface area contributed by atoms with Gasteiger partial charge in [0, 0.05) is 60.8 Å². The molecule has 3 heterocycles. The number of anilines is 1. The van der Waals surface area contributed by atoms with Gasteiger partial charge in [-0.3, -0.25) is 9.58 Å². The maximum atomic E-state index is 6.44. The van der Waals surface area contributed by atoms with E-state index in [0.717, 1.165) is 88.4 Å². The Morgan fingerprint density at radius 2 is 1.45 bits per heavy atom. The molecule has 0 spiro atoms. The molecule has 0 bridgehead atoms. The number of fused-ring (bicyclic) bond motifs is 1. The Bertz CT molecular complexity index is 2250. The summed E-state index contributed by atoms with van der Waals surface area (Å²) in [5.41, 5.74) is 7.42. The molecule has 2 fully saturated rings. The van der Waals surface area contributed by atoms with Gasteiger partial charge in [0.2, 0.25) is 11.8 Å². The second-order valence-corrected chi connectivity index (χ2v) is 17.0. The first-order chi connectivity index (χ1) is 28.4. The van der Waals surface area contributed by atoms with Crippen molar-refractivity contribution >= 4 is 32.5 Å². The molecule has 0 radical (unpaired) electrons. The summed E-state index contributed by atoms with van der Waals surface area (Å²) in [6, 6.07) is 37.7.